The van der Waals surface area contributed by atoms with Gasteiger partial charge in [0, 0.05) is 0 Å². The molecule has 1 aromatic rings. The van der Waals surface area contributed by atoms with E-state index in [2.05, 4.69) is 0 Å². The van der Waals surface area contributed by atoms with Crippen LogP contribution in [-0.4, -0.2) is 30.7 Å². The molecule has 0 aromatic heterocycles. The predicted molar refractivity (Wildman–Crippen MR) is 61.1 cm³/mol. The van der Waals surface area contributed by atoms with E-state index in [0.717, 1.165) is 0 Å². The third-order valence-corrected chi connectivity index (χ3v) is 2.47. The number of carbonyl (C=O) groups is 2. The standard InChI is InChI=1S/C12H13NO5/c1-7(11(13)14)17-12(15)10-6-16-8-4-2-3-5-9(8)18-10/h2-5,7,10H,6H2,1H3,(H2,13,14)/t7-,10-/m1/s1. The van der Waals surface area contributed by atoms with Crippen molar-refractivity contribution in [3.63, 3.8) is 0 Å². The molecule has 6 heteroatoms. The van der Waals surface area contributed by atoms with Crippen LogP contribution in [0.1, 0.15) is 6.92 Å². The molecule has 0 bridgehead atoms. The predicted octanol–water partition coefficient (Wildman–Crippen LogP) is 0.243. The van der Waals surface area contributed by atoms with E-state index in [0.29, 0.717) is 11.5 Å². The number of rotatable bonds is 3. The summed E-state index contributed by atoms with van der Waals surface area (Å²) in [7, 11) is 0. The van der Waals surface area contributed by atoms with Crippen LogP contribution in [0, 0.1) is 0 Å². The molecular formula is C12H13NO5. The van der Waals surface area contributed by atoms with Gasteiger partial charge in [0.2, 0.25) is 6.10 Å². The highest BCUT2D eigenvalue weighted by Gasteiger charge is 2.30. The maximum Gasteiger partial charge on any atom is 0.351 e. The first-order valence-electron chi connectivity index (χ1n) is 5.46. The monoisotopic (exact) mass is 251 g/mol. The maximum atomic E-state index is 11.7. The van der Waals surface area contributed by atoms with Crippen LogP contribution < -0.4 is 15.2 Å². The van der Waals surface area contributed by atoms with Gasteiger partial charge in [0.05, 0.1) is 0 Å². The Morgan fingerprint density at radius 1 is 1.39 bits per heavy atom. The highest BCUT2D eigenvalue weighted by atomic mass is 16.6. The minimum atomic E-state index is -0.988. The van der Waals surface area contributed by atoms with Crippen molar-refractivity contribution >= 4 is 11.9 Å². The van der Waals surface area contributed by atoms with Crippen molar-refractivity contribution in [2.45, 2.75) is 19.1 Å². The Kier molecular flexibility index (Phi) is 3.36. The lowest BCUT2D eigenvalue weighted by atomic mass is 10.2. The Labute approximate surface area is 104 Å². The van der Waals surface area contributed by atoms with Gasteiger partial charge in [0.25, 0.3) is 5.91 Å². The summed E-state index contributed by atoms with van der Waals surface area (Å²) in [6.07, 6.45) is -1.88. The molecule has 6 nitrogen and oxygen atoms in total. The lowest BCUT2D eigenvalue weighted by Crippen LogP contribution is -2.41. The van der Waals surface area contributed by atoms with E-state index in [9.17, 15) is 9.59 Å². The third-order valence-electron chi connectivity index (χ3n) is 2.47. The molecule has 0 saturated carbocycles. The first kappa shape index (κ1) is 12.2. The number of nitrogens with two attached hydrogens (primary N) is 1. The second-order valence-corrected chi connectivity index (χ2v) is 3.85. The zero-order valence-electron chi connectivity index (χ0n) is 9.79. The second kappa shape index (κ2) is 4.95. The molecule has 0 aliphatic carbocycles. The van der Waals surface area contributed by atoms with Crippen molar-refractivity contribution in [1.29, 1.82) is 0 Å². The molecule has 0 radical (unpaired) electrons. The molecule has 0 unspecified atom stereocenters. The van der Waals surface area contributed by atoms with Crippen molar-refractivity contribution in [3.05, 3.63) is 24.3 Å². The SMILES string of the molecule is C[C@@H](OC(=O)[C@H]1COc2ccccc2O1)C(N)=O. The second-order valence-electron chi connectivity index (χ2n) is 3.85. The largest absolute Gasteiger partial charge is 0.485 e. The van der Waals surface area contributed by atoms with Crippen molar-refractivity contribution in [2.75, 3.05) is 6.61 Å². The summed E-state index contributed by atoms with van der Waals surface area (Å²) in [6, 6.07) is 6.99. The van der Waals surface area contributed by atoms with Crippen LogP contribution in [0.2, 0.25) is 0 Å². The van der Waals surface area contributed by atoms with Gasteiger partial charge in [-0.05, 0) is 19.1 Å². The van der Waals surface area contributed by atoms with Crippen molar-refractivity contribution < 1.29 is 23.8 Å². The smallest absolute Gasteiger partial charge is 0.351 e. The minimum Gasteiger partial charge on any atom is -0.485 e. The molecule has 1 aliphatic heterocycles. The van der Waals surface area contributed by atoms with Gasteiger partial charge in [-0.3, -0.25) is 4.79 Å². The average Bonchev–Trinajstić information content (AvgIpc) is 2.37. The molecular weight excluding hydrogens is 238 g/mol. The molecule has 0 saturated heterocycles. The van der Waals surface area contributed by atoms with E-state index < -0.39 is 24.1 Å². The number of para-hydroxylation sites is 2. The summed E-state index contributed by atoms with van der Waals surface area (Å²) in [5.74, 6) is -0.335. The summed E-state index contributed by atoms with van der Waals surface area (Å²) in [6.45, 7) is 1.44. The Hall–Kier alpha value is -2.24. The first-order valence-corrected chi connectivity index (χ1v) is 5.46. The highest BCUT2D eigenvalue weighted by Crippen LogP contribution is 2.31. The van der Waals surface area contributed by atoms with Gasteiger partial charge in [0.15, 0.2) is 17.6 Å². The summed E-state index contributed by atoms with van der Waals surface area (Å²) in [5.41, 5.74) is 5.00. The van der Waals surface area contributed by atoms with Crippen molar-refractivity contribution in [1.82, 2.24) is 0 Å². The van der Waals surface area contributed by atoms with Crippen LogP contribution >= 0.6 is 0 Å². The Balaban J connectivity index is 2.00. The van der Waals surface area contributed by atoms with Gasteiger partial charge in [-0.25, -0.2) is 4.79 Å². The number of primary amides is 1. The number of fused-ring (bicyclic) bond motifs is 1. The van der Waals surface area contributed by atoms with E-state index in [1.165, 1.54) is 6.92 Å². The molecule has 0 spiro atoms. The minimum absolute atomic E-state index is 0.0430. The number of hydrogen-bond donors (Lipinski definition) is 1. The molecule has 18 heavy (non-hydrogen) atoms. The molecule has 1 aliphatic rings. The zero-order chi connectivity index (χ0) is 13.1. The van der Waals surface area contributed by atoms with Gasteiger partial charge in [0.1, 0.15) is 6.61 Å². The van der Waals surface area contributed by atoms with Gasteiger partial charge in [-0.2, -0.15) is 0 Å². The fourth-order valence-corrected chi connectivity index (χ4v) is 1.44. The Morgan fingerprint density at radius 3 is 2.72 bits per heavy atom. The Bertz CT molecular complexity index is 473. The van der Waals surface area contributed by atoms with Crippen LogP contribution in [0.4, 0.5) is 0 Å². The van der Waals surface area contributed by atoms with Crippen molar-refractivity contribution in [3.8, 4) is 11.5 Å². The molecule has 2 N–H and O–H groups in total. The summed E-state index contributed by atoms with van der Waals surface area (Å²) < 4.78 is 15.6. The lowest BCUT2D eigenvalue weighted by Gasteiger charge is -2.25. The highest BCUT2D eigenvalue weighted by molar-refractivity contribution is 5.83. The number of ether oxygens (including phenoxy) is 3. The van der Waals surface area contributed by atoms with Crippen LogP contribution in [0.5, 0.6) is 11.5 Å². The van der Waals surface area contributed by atoms with Crippen LogP contribution in [-0.2, 0) is 14.3 Å². The summed E-state index contributed by atoms with van der Waals surface area (Å²) in [4.78, 5) is 22.5. The number of hydrogen-bond acceptors (Lipinski definition) is 5. The number of benzene rings is 1. The molecule has 1 amide bonds. The van der Waals surface area contributed by atoms with Crippen LogP contribution in [0.3, 0.4) is 0 Å². The average molecular weight is 251 g/mol. The third kappa shape index (κ3) is 2.53. The lowest BCUT2D eigenvalue weighted by molar-refractivity contribution is -0.162. The molecule has 2 rings (SSSR count). The quantitative estimate of drug-likeness (QED) is 0.777. The van der Waals surface area contributed by atoms with Crippen molar-refractivity contribution in [2.24, 2.45) is 5.73 Å². The fraction of sp³-hybridized carbons (Fsp3) is 0.333. The number of esters is 1. The van der Waals surface area contributed by atoms with E-state index in [1.807, 2.05) is 0 Å². The van der Waals surface area contributed by atoms with E-state index in [-0.39, 0.29) is 6.61 Å². The number of carbonyl (C=O) groups excluding carboxylic acids is 2. The molecule has 1 aromatic carbocycles. The summed E-state index contributed by atoms with van der Waals surface area (Å²) >= 11 is 0. The molecule has 1 heterocycles. The normalized spacial score (nSPS) is 18.8. The molecule has 96 valence electrons. The Morgan fingerprint density at radius 2 is 2.06 bits per heavy atom. The molecule has 0 fully saturated rings. The van der Waals surface area contributed by atoms with E-state index in [4.69, 9.17) is 19.9 Å². The summed E-state index contributed by atoms with van der Waals surface area (Å²) in [5, 5.41) is 0. The molecule has 2 atom stereocenters. The van der Waals surface area contributed by atoms with E-state index >= 15 is 0 Å². The van der Waals surface area contributed by atoms with Gasteiger partial charge in [-0.1, -0.05) is 12.1 Å². The van der Waals surface area contributed by atoms with Gasteiger partial charge in [-0.15, -0.1) is 0 Å². The van der Waals surface area contributed by atoms with E-state index in [1.54, 1.807) is 24.3 Å². The van der Waals surface area contributed by atoms with Gasteiger partial charge >= 0.3 is 5.97 Å². The number of amides is 1. The van der Waals surface area contributed by atoms with Crippen LogP contribution in [0.25, 0.3) is 0 Å². The van der Waals surface area contributed by atoms with Crippen LogP contribution in [0.15, 0.2) is 24.3 Å². The first-order chi connectivity index (χ1) is 8.58. The zero-order valence-corrected chi connectivity index (χ0v) is 9.79. The fourth-order valence-electron chi connectivity index (χ4n) is 1.44. The maximum absolute atomic E-state index is 11.7. The van der Waals surface area contributed by atoms with Gasteiger partial charge < -0.3 is 19.9 Å². The topological polar surface area (TPSA) is 87.8 Å².